The van der Waals surface area contributed by atoms with Gasteiger partial charge < -0.3 is 4.40 Å². The molecule has 0 bridgehead atoms. The number of halogens is 3. The molecule has 0 saturated carbocycles. The van der Waals surface area contributed by atoms with Crippen molar-refractivity contribution in [3.63, 3.8) is 0 Å². The second-order valence-electron chi connectivity index (χ2n) is 7.98. The van der Waals surface area contributed by atoms with Crippen molar-refractivity contribution in [2.75, 3.05) is 26.2 Å². The van der Waals surface area contributed by atoms with Crippen LogP contribution in [0.4, 0.5) is 13.2 Å². The lowest BCUT2D eigenvalue weighted by Crippen LogP contribution is -2.40. The molecule has 4 nitrogen and oxygen atoms in total. The summed E-state index contributed by atoms with van der Waals surface area (Å²) in [6, 6.07) is 18.3. The molecule has 1 saturated heterocycles. The van der Waals surface area contributed by atoms with Gasteiger partial charge >= 0.3 is 6.30 Å². The first kappa shape index (κ1) is 21.2. The van der Waals surface area contributed by atoms with E-state index in [-0.39, 0.29) is 13.1 Å². The minimum absolute atomic E-state index is 0.0101. The van der Waals surface area contributed by atoms with Gasteiger partial charge in [-0.2, -0.15) is 13.2 Å². The number of fused-ring (bicyclic) bond motifs is 1. The van der Waals surface area contributed by atoms with Crippen molar-refractivity contribution in [1.82, 2.24) is 19.2 Å². The summed E-state index contributed by atoms with van der Waals surface area (Å²) < 4.78 is 41.7. The summed E-state index contributed by atoms with van der Waals surface area (Å²) in [7, 11) is 0. The average molecular weight is 457 g/mol. The van der Waals surface area contributed by atoms with Crippen molar-refractivity contribution in [2.24, 2.45) is 0 Å². The summed E-state index contributed by atoms with van der Waals surface area (Å²) in [6.45, 7) is 1.59. The van der Waals surface area contributed by atoms with E-state index in [1.807, 2.05) is 41.8 Å². The molecule has 166 valence electrons. The summed E-state index contributed by atoms with van der Waals surface area (Å²) in [5.74, 6) is 0. The van der Waals surface area contributed by atoms with E-state index >= 15 is 0 Å². The molecule has 0 radical (unpaired) electrons. The Kier molecular flexibility index (Phi) is 5.75. The van der Waals surface area contributed by atoms with Gasteiger partial charge in [-0.25, -0.2) is 9.88 Å². The molecular formula is C24H23F3N4S. The third-order valence-electron chi connectivity index (χ3n) is 5.90. The fourth-order valence-corrected chi connectivity index (χ4v) is 4.99. The lowest BCUT2D eigenvalue weighted by Gasteiger charge is -2.23. The molecule has 0 N–H and O–H groups in total. The second kappa shape index (κ2) is 8.69. The van der Waals surface area contributed by atoms with E-state index in [9.17, 15) is 13.2 Å². The molecule has 32 heavy (non-hydrogen) atoms. The van der Waals surface area contributed by atoms with Gasteiger partial charge in [0.15, 0.2) is 0 Å². The van der Waals surface area contributed by atoms with Crippen LogP contribution in [0.3, 0.4) is 0 Å². The van der Waals surface area contributed by atoms with Crippen molar-refractivity contribution >= 4 is 17.0 Å². The van der Waals surface area contributed by atoms with Gasteiger partial charge in [0, 0.05) is 32.4 Å². The predicted octanol–water partition coefficient (Wildman–Crippen LogP) is 5.76. The Balaban J connectivity index is 1.52. The average Bonchev–Trinajstić information content (AvgIpc) is 3.36. The van der Waals surface area contributed by atoms with E-state index in [4.69, 9.17) is 4.98 Å². The summed E-state index contributed by atoms with van der Waals surface area (Å²) in [5, 5.41) is 2.02. The number of thiophene rings is 1. The van der Waals surface area contributed by atoms with E-state index in [1.165, 1.54) is 0 Å². The summed E-state index contributed by atoms with van der Waals surface area (Å²) in [4.78, 5) is 8.69. The van der Waals surface area contributed by atoms with E-state index in [2.05, 4.69) is 33.7 Å². The maximum atomic E-state index is 13.2. The Bertz CT molecular complexity index is 1190. The smallest absolute Gasteiger partial charge is 0.301 e. The maximum absolute atomic E-state index is 13.2. The zero-order chi connectivity index (χ0) is 22.1. The molecule has 1 aromatic carbocycles. The number of hydrogen-bond acceptors (Lipinski definition) is 4. The molecule has 1 aliphatic rings. The number of alkyl halides is 3. The molecule has 5 rings (SSSR count). The standard InChI is InChI=1S/C24H23F3N4S/c25-24(26,27)30-12-5-11-29(13-14-30)17-20-23(21-8-4-15-32-21)28-22-10-9-19(16-31(20)22)18-6-2-1-3-7-18/h1-4,6-10,15-16H,5,11-14,17H2. The van der Waals surface area contributed by atoms with Crippen LogP contribution < -0.4 is 0 Å². The summed E-state index contributed by atoms with van der Waals surface area (Å²) >= 11 is 1.62. The summed E-state index contributed by atoms with van der Waals surface area (Å²) in [6.07, 6.45) is -1.70. The number of nitrogens with zero attached hydrogens (tertiary/aromatic N) is 4. The predicted molar refractivity (Wildman–Crippen MR) is 121 cm³/mol. The highest BCUT2D eigenvalue weighted by atomic mass is 32.1. The second-order valence-corrected chi connectivity index (χ2v) is 8.93. The third kappa shape index (κ3) is 4.30. The Morgan fingerprint density at radius 3 is 2.47 bits per heavy atom. The number of hydrogen-bond donors (Lipinski definition) is 0. The van der Waals surface area contributed by atoms with Gasteiger partial charge in [0.25, 0.3) is 0 Å². The molecule has 0 spiro atoms. The van der Waals surface area contributed by atoms with Crippen LogP contribution in [-0.2, 0) is 6.54 Å². The fraction of sp³-hybridized carbons (Fsp3) is 0.292. The first-order chi connectivity index (χ1) is 15.5. The zero-order valence-corrected chi connectivity index (χ0v) is 18.2. The van der Waals surface area contributed by atoms with Gasteiger partial charge in [-0.1, -0.05) is 36.4 Å². The Morgan fingerprint density at radius 1 is 0.875 bits per heavy atom. The molecule has 0 atom stereocenters. The van der Waals surface area contributed by atoms with Crippen LogP contribution in [0.15, 0.2) is 66.2 Å². The number of benzene rings is 1. The van der Waals surface area contributed by atoms with Crippen LogP contribution in [0, 0.1) is 0 Å². The minimum Gasteiger partial charge on any atom is -0.301 e. The number of imidazole rings is 1. The third-order valence-corrected chi connectivity index (χ3v) is 6.78. The fourth-order valence-electron chi connectivity index (χ4n) is 4.25. The molecule has 0 unspecified atom stereocenters. The number of pyridine rings is 1. The molecule has 0 aliphatic carbocycles. The highest BCUT2D eigenvalue weighted by Crippen LogP contribution is 2.31. The van der Waals surface area contributed by atoms with E-state index in [1.54, 1.807) is 11.3 Å². The molecule has 1 aliphatic heterocycles. The lowest BCUT2D eigenvalue weighted by atomic mass is 10.1. The van der Waals surface area contributed by atoms with Crippen LogP contribution in [-0.4, -0.2) is 51.7 Å². The van der Waals surface area contributed by atoms with Crippen LogP contribution in [0.25, 0.3) is 27.3 Å². The number of rotatable bonds is 4. The van der Waals surface area contributed by atoms with Gasteiger partial charge in [-0.15, -0.1) is 11.3 Å². The molecule has 0 amide bonds. The van der Waals surface area contributed by atoms with Crippen molar-refractivity contribution in [1.29, 1.82) is 0 Å². The minimum atomic E-state index is -4.27. The molecule has 3 aromatic heterocycles. The zero-order valence-electron chi connectivity index (χ0n) is 17.4. The van der Waals surface area contributed by atoms with Gasteiger partial charge in [0.2, 0.25) is 0 Å². The van der Waals surface area contributed by atoms with Crippen molar-refractivity contribution in [3.05, 3.63) is 71.9 Å². The maximum Gasteiger partial charge on any atom is 0.459 e. The monoisotopic (exact) mass is 456 g/mol. The molecule has 1 fully saturated rings. The highest BCUT2D eigenvalue weighted by Gasteiger charge is 2.37. The highest BCUT2D eigenvalue weighted by molar-refractivity contribution is 7.13. The quantitative estimate of drug-likeness (QED) is 0.365. The lowest BCUT2D eigenvalue weighted by molar-refractivity contribution is -0.244. The van der Waals surface area contributed by atoms with Crippen molar-refractivity contribution < 1.29 is 13.2 Å². The van der Waals surface area contributed by atoms with Gasteiger partial charge in [-0.3, -0.25) is 4.90 Å². The van der Waals surface area contributed by atoms with Gasteiger partial charge in [0.05, 0.1) is 10.6 Å². The first-order valence-electron chi connectivity index (χ1n) is 10.6. The van der Waals surface area contributed by atoms with Crippen LogP contribution >= 0.6 is 11.3 Å². The van der Waals surface area contributed by atoms with Crippen LogP contribution in [0.1, 0.15) is 12.1 Å². The van der Waals surface area contributed by atoms with Crippen LogP contribution in [0.5, 0.6) is 0 Å². The Morgan fingerprint density at radius 2 is 1.72 bits per heavy atom. The van der Waals surface area contributed by atoms with E-state index in [0.717, 1.165) is 33.0 Å². The van der Waals surface area contributed by atoms with Crippen molar-refractivity contribution in [3.8, 4) is 21.7 Å². The number of aromatic nitrogens is 2. The molecule has 8 heteroatoms. The Labute approximate surface area is 188 Å². The van der Waals surface area contributed by atoms with Gasteiger partial charge in [0.1, 0.15) is 11.3 Å². The van der Waals surface area contributed by atoms with E-state index in [0.29, 0.717) is 31.0 Å². The normalized spacial score (nSPS) is 16.5. The van der Waals surface area contributed by atoms with Crippen molar-refractivity contribution in [2.45, 2.75) is 19.3 Å². The summed E-state index contributed by atoms with van der Waals surface area (Å²) in [5.41, 5.74) is 4.95. The SMILES string of the molecule is FC(F)(F)N1CCCN(Cc2c(-c3cccs3)nc3ccc(-c4ccccc4)cn23)CC1. The van der Waals surface area contributed by atoms with Gasteiger partial charge in [-0.05, 0) is 47.7 Å². The molecule has 4 heterocycles. The molecular weight excluding hydrogens is 433 g/mol. The first-order valence-corrected chi connectivity index (χ1v) is 11.5. The largest absolute Gasteiger partial charge is 0.459 e. The molecule has 4 aromatic rings. The Hall–Kier alpha value is -2.68. The topological polar surface area (TPSA) is 23.8 Å². The van der Waals surface area contributed by atoms with Crippen LogP contribution in [0.2, 0.25) is 0 Å². The van der Waals surface area contributed by atoms with E-state index < -0.39 is 6.30 Å².